The maximum atomic E-state index is 12.4. The lowest BCUT2D eigenvalue weighted by Gasteiger charge is -2.25. The number of allylic oxidation sites excluding steroid dienone is 1. The van der Waals surface area contributed by atoms with Gasteiger partial charge in [0.2, 0.25) is 0 Å². The summed E-state index contributed by atoms with van der Waals surface area (Å²) in [7, 11) is 0. The van der Waals surface area contributed by atoms with E-state index < -0.39 is 5.91 Å². The van der Waals surface area contributed by atoms with Crippen LogP contribution >= 0.6 is 23.4 Å². The summed E-state index contributed by atoms with van der Waals surface area (Å²) >= 11 is 7.70. The Morgan fingerprint density at radius 3 is 2.79 bits per heavy atom. The van der Waals surface area contributed by atoms with Gasteiger partial charge in [-0.25, -0.2) is 0 Å². The highest BCUT2D eigenvalue weighted by Gasteiger charge is 2.33. The summed E-state index contributed by atoms with van der Waals surface area (Å²) in [6.45, 7) is 2.30. The van der Waals surface area contributed by atoms with E-state index >= 15 is 0 Å². The zero-order valence-electron chi connectivity index (χ0n) is 15.0. The number of hydrogen-bond acceptors (Lipinski definition) is 4. The van der Waals surface area contributed by atoms with Crippen molar-refractivity contribution in [3.63, 3.8) is 0 Å². The predicted octanol–water partition coefficient (Wildman–Crippen LogP) is 5.09. The monoisotopic (exact) mass is 409 g/mol. The van der Waals surface area contributed by atoms with E-state index in [1.54, 1.807) is 29.2 Å². The van der Waals surface area contributed by atoms with Gasteiger partial charge in [-0.1, -0.05) is 59.8 Å². The molecule has 140 valence electrons. The Labute approximate surface area is 171 Å². The molecule has 2 aromatic rings. The molecule has 1 N–H and O–H groups in total. The fraction of sp³-hybridized carbons (Fsp3) is 0.0952. The van der Waals surface area contributed by atoms with Crippen LogP contribution in [0.4, 0.5) is 0 Å². The maximum Gasteiger partial charge on any atom is 0.283 e. The molecule has 1 amide bonds. The molecule has 0 unspecified atom stereocenters. The van der Waals surface area contributed by atoms with E-state index in [1.807, 2.05) is 42.7 Å². The fourth-order valence-corrected chi connectivity index (χ4v) is 3.97. The lowest BCUT2D eigenvalue weighted by molar-refractivity contribution is -0.114. The highest BCUT2D eigenvalue weighted by Crippen LogP contribution is 2.33. The topological polar surface area (TPSA) is 65.8 Å². The van der Waals surface area contributed by atoms with Crippen molar-refractivity contribution in [2.45, 2.75) is 13.5 Å². The second-order valence-electron chi connectivity index (χ2n) is 6.28. The summed E-state index contributed by atoms with van der Waals surface area (Å²) in [6, 6.07) is 15.1. The summed E-state index contributed by atoms with van der Waals surface area (Å²) in [5.41, 5.74) is 2.85. The number of carbonyl (C=O) groups excluding carboxylic acids is 1. The molecule has 0 aliphatic carbocycles. The van der Waals surface area contributed by atoms with Gasteiger partial charge < -0.3 is 4.74 Å². The van der Waals surface area contributed by atoms with Crippen LogP contribution in [-0.4, -0.2) is 21.8 Å². The van der Waals surface area contributed by atoms with Crippen molar-refractivity contribution in [2.75, 3.05) is 0 Å². The number of hydrogen-bond donors (Lipinski definition) is 1. The van der Waals surface area contributed by atoms with Crippen LogP contribution in [0.1, 0.15) is 18.1 Å². The van der Waals surface area contributed by atoms with E-state index in [-0.39, 0.29) is 11.4 Å². The molecule has 0 radical (unpaired) electrons. The average Bonchev–Trinajstić information content (AvgIpc) is 3.05. The summed E-state index contributed by atoms with van der Waals surface area (Å²) in [5, 5.41) is 11.2. The number of halogens is 1. The number of fused-ring (bicyclic) bond motifs is 1. The molecule has 0 fully saturated rings. The van der Waals surface area contributed by atoms with Gasteiger partial charge in [0.15, 0.2) is 5.17 Å². The zero-order chi connectivity index (χ0) is 19.7. The zero-order valence-corrected chi connectivity index (χ0v) is 16.6. The van der Waals surface area contributed by atoms with Gasteiger partial charge in [-0.05, 0) is 41.7 Å². The van der Waals surface area contributed by atoms with E-state index in [4.69, 9.17) is 21.7 Å². The molecule has 0 bridgehead atoms. The van der Waals surface area contributed by atoms with Crippen LogP contribution in [0.5, 0.6) is 5.75 Å². The molecule has 0 spiro atoms. The number of thioether (sulfide) groups is 1. The number of nitrogens with one attached hydrogen (secondary N) is 1. The average molecular weight is 410 g/mol. The Kier molecular flexibility index (Phi) is 5.07. The molecule has 0 saturated heterocycles. The number of ether oxygens (including phenoxy) is 1. The van der Waals surface area contributed by atoms with Crippen molar-refractivity contribution in [3.05, 3.63) is 81.4 Å². The van der Waals surface area contributed by atoms with Gasteiger partial charge >= 0.3 is 0 Å². The minimum absolute atomic E-state index is 0.120. The minimum Gasteiger partial charge on any atom is -0.487 e. The van der Waals surface area contributed by atoms with Crippen LogP contribution in [-0.2, 0) is 11.4 Å². The molecule has 0 aromatic heterocycles. The molecular formula is C21H16ClN3O2S. The van der Waals surface area contributed by atoms with E-state index in [0.717, 1.165) is 11.3 Å². The summed E-state index contributed by atoms with van der Waals surface area (Å²) in [4.78, 5) is 18.1. The van der Waals surface area contributed by atoms with Crippen molar-refractivity contribution < 1.29 is 9.53 Å². The van der Waals surface area contributed by atoms with Crippen molar-refractivity contribution in [2.24, 2.45) is 4.99 Å². The largest absolute Gasteiger partial charge is 0.487 e. The molecule has 0 atom stereocenters. The molecular weight excluding hydrogens is 394 g/mol. The number of rotatable bonds is 4. The van der Waals surface area contributed by atoms with Crippen molar-refractivity contribution in [1.82, 2.24) is 4.90 Å². The molecule has 5 nitrogen and oxygen atoms in total. The van der Waals surface area contributed by atoms with E-state index in [1.165, 1.54) is 11.8 Å². The molecule has 2 aromatic carbocycles. The van der Waals surface area contributed by atoms with Gasteiger partial charge in [-0.2, -0.15) is 4.99 Å². The van der Waals surface area contributed by atoms with Crippen molar-refractivity contribution in [1.29, 1.82) is 5.41 Å². The van der Waals surface area contributed by atoms with E-state index in [9.17, 15) is 4.79 Å². The number of nitrogens with zero attached hydrogens (tertiary/aromatic N) is 2. The molecule has 28 heavy (non-hydrogen) atoms. The van der Waals surface area contributed by atoms with Gasteiger partial charge in [0.25, 0.3) is 5.91 Å². The van der Waals surface area contributed by atoms with E-state index in [0.29, 0.717) is 28.1 Å². The summed E-state index contributed by atoms with van der Waals surface area (Å²) < 4.78 is 5.78. The smallest absolute Gasteiger partial charge is 0.283 e. The number of carbonyl (C=O) groups is 1. The van der Waals surface area contributed by atoms with Gasteiger partial charge in [-0.3, -0.25) is 15.1 Å². The number of amidine groups is 2. The first-order chi connectivity index (χ1) is 13.5. The maximum absolute atomic E-state index is 12.4. The van der Waals surface area contributed by atoms with Gasteiger partial charge in [0.05, 0.1) is 10.6 Å². The molecule has 2 aliphatic rings. The minimum atomic E-state index is -0.424. The molecule has 0 saturated carbocycles. The first-order valence-corrected chi connectivity index (χ1v) is 9.82. The first kappa shape index (κ1) is 18.5. The third kappa shape index (κ3) is 3.61. The number of benzene rings is 2. The Hall–Kier alpha value is -2.83. The summed E-state index contributed by atoms with van der Waals surface area (Å²) in [6.07, 6.45) is 1.63. The fourth-order valence-electron chi connectivity index (χ4n) is 2.87. The van der Waals surface area contributed by atoms with Crippen LogP contribution < -0.4 is 4.74 Å². The number of amides is 1. The predicted molar refractivity (Wildman–Crippen MR) is 114 cm³/mol. The third-order valence-corrected chi connectivity index (χ3v) is 5.53. The highest BCUT2D eigenvalue weighted by atomic mass is 35.5. The standard InChI is InChI=1S/C21H16ClN3O2S/c1-13-12-28-21-24-20(26)16(19(23)25(13)21)9-15-7-8-18(17(22)10-15)27-11-14-5-3-2-4-6-14/h2-10,12,23H,11H2,1H3/b16-9+,23-19?. The third-order valence-electron chi connectivity index (χ3n) is 4.29. The number of aliphatic imine (C=N–C) groups is 1. The molecule has 7 heteroatoms. The lowest BCUT2D eigenvalue weighted by atomic mass is 10.1. The van der Waals surface area contributed by atoms with Crippen LogP contribution in [0.25, 0.3) is 6.08 Å². The Balaban J connectivity index is 1.55. The highest BCUT2D eigenvalue weighted by molar-refractivity contribution is 8.16. The van der Waals surface area contributed by atoms with Gasteiger partial charge in [0, 0.05) is 5.70 Å². The first-order valence-electron chi connectivity index (χ1n) is 8.56. The second kappa shape index (κ2) is 7.66. The van der Waals surface area contributed by atoms with Crippen LogP contribution in [0.2, 0.25) is 5.02 Å². The van der Waals surface area contributed by atoms with Crippen LogP contribution in [0, 0.1) is 5.41 Å². The molecule has 4 rings (SSSR count). The quantitative estimate of drug-likeness (QED) is 0.714. The van der Waals surface area contributed by atoms with Crippen molar-refractivity contribution in [3.8, 4) is 5.75 Å². The van der Waals surface area contributed by atoms with E-state index in [2.05, 4.69) is 4.99 Å². The Morgan fingerprint density at radius 1 is 1.25 bits per heavy atom. The molecule has 2 heterocycles. The van der Waals surface area contributed by atoms with Crippen LogP contribution in [0.15, 0.2) is 70.2 Å². The van der Waals surface area contributed by atoms with Gasteiger partial charge in [-0.15, -0.1) is 0 Å². The lowest BCUT2D eigenvalue weighted by Crippen LogP contribution is -2.37. The summed E-state index contributed by atoms with van der Waals surface area (Å²) in [5.74, 6) is 0.259. The Bertz CT molecular complexity index is 1060. The van der Waals surface area contributed by atoms with Gasteiger partial charge in [0.1, 0.15) is 18.2 Å². The normalized spacial score (nSPS) is 17.5. The molecule has 2 aliphatic heterocycles. The van der Waals surface area contributed by atoms with Crippen LogP contribution in [0.3, 0.4) is 0 Å². The second-order valence-corrected chi connectivity index (χ2v) is 7.53. The Morgan fingerprint density at radius 2 is 2.04 bits per heavy atom. The SMILES string of the molecule is CC1=CSC2=NC(=O)/C(=C/c3ccc(OCc4ccccc4)c(Cl)c3)C(=N)N12. The van der Waals surface area contributed by atoms with Crippen molar-refractivity contribution >= 4 is 46.3 Å².